The van der Waals surface area contributed by atoms with Gasteiger partial charge in [0, 0.05) is 41.1 Å². The number of halogens is 1. The van der Waals surface area contributed by atoms with Crippen LogP contribution >= 0.6 is 0 Å². The quantitative estimate of drug-likeness (QED) is 0.181. The third-order valence-corrected chi connectivity index (χ3v) is 7.16. The molecule has 44 heavy (non-hydrogen) atoms. The molecular formula is C32H30FN9O2. The van der Waals surface area contributed by atoms with Crippen LogP contribution in [0.25, 0.3) is 22.4 Å². The van der Waals surface area contributed by atoms with Gasteiger partial charge in [0.1, 0.15) is 0 Å². The van der Waals surface area contributed by atoms with Crippen molar-refractivity contribution in [1.82, 2.24) is 35.0 Å². The van der Waals surface area contributed by atoms with E-state index in [0.29, 0.717) is 40.2 Å². The van der Waals surface area contributed by atoms with Gasteiger partial charge in [-0.05, 0) is 74.8 Å². The zero-order valence-corrected chi connectivity index (χ0v) is 24.0. The van der Waals surface area contributed by atoms with Crippen LogP contribution in [0.1, 0.15) is 24.6 Å². The first-order valence-corrected chi connectivity index (χ1v) is 14.2. The lowest BCUT2D eigenvalue weighted by Gasteiger charge is -2.22. The Morgan fingerprint density at radius 1 is 1.05 bits per heavy atom. The minimum Gasteiger partial charge on any atom is -0.421 e. The SMILES string of the molecule is C=CC(=O)Nc1ccc(-c2nc(Nc3cnn(C4CCNCC4)c3)ncc2-c2ccc(Oc3nccc(C)n3)c(F)c2)cc1. The smallest absolute Gasteiger partial charge is 0.322 e. The van der Waals surface area contributed by atoms with Gasteiger partial charge in [0.05, 0.1) is 23.6 Å². The summed E-state index contributed by atoms with van der Waals surface area (Å²) in [6, 6.07) is 13.9. The Balaban J connectivity index is 1.32. The van der Waals surface area contributed by atoms with Crippen LogP contribution in [0.15, 0.2) is 86.0 Å². The van der Waals surface area contributed by atoms with E-state index in [1.807, 2.05) is 23.0 Å². The van der Waals surface area contributed by atoms with Gasteiger partial charge in [-0.1, -0.05) is 24.8 Å². The highest BCUT2D eigenvalue weighted by Gasteiger charge is 2.18. The fourth-order valence-electron chi connectivity index (χ4n) is 4.91. The molecule has 0 unspecified atom stereocenters. The Morgan fingerprint density at radius 2 is 1.84 bits per heavy atom. The number of nitrogens with one attached hydrogen (secondary N) is 3. The summed E-state index contributed by atoms with van der Waals surface area (Å²) in [6.07, 6.45) is 10.1. The molecule has 1 aliphatic rings. The van der Waals surface area contributed by atoms with E-state index in [4.69, 9.17) is 9.72 Å². The number of hydrogen-bond donors (Lipinski definition) is 3. The molecule has 0 atom stereocenters. The van der Waals surface area contributed by atoms with Crippen LogP contribution < -0.4 is 20.7 Å². The minimum absolute atomic E-state index is 0.00632. The van der Waals surface area contributed by atoms with Gasteiger partial charge < -0.3 is 20.7 Å². The maximum Gasteiger partial charge on any atom is 0.322 e. The molecule has 12 heteroatoms. The highest BCUT2D eigenvalue weighted by Crippen LogP contribution is 2.35. The van der Waals surface area contributed by atoms with Crippen molar-refractivity contribution in [3.05, 3.63) is 97.5 Å². The molecule has 1 saturated heterocycles. The molecule has 222 valence electrons. The molecule has 3 aromatic heterocycles. The standard InChI is InChI=1S/C32H30FN9O2/c1-3-29(43)39-23-7-4-21(5-8-23)30-26(22-6-9-28(27(33)16-22)44-32-35-15-10-20(2)38-32)18-36-31(41-30)40-24-17-37-42(19-24)25-11-13-34-14-12-25/h3-10,15-19,25,34H,1,11-14H2,2H3,(H,39,43)(H,36,40,41). The van der Waals surface area contributed by atoms with Crippen LogP contribution in [0.2, 0.25) is 0 Å². The number of rotatable bonds is 9. The van der Waals surface area contributed by atoms with E-state index < -0.39 is 5.82 Å². The Morgan fingerprint density at radius 3 is 2.59 bits per heavy atom. The molecule has 3 N–H and O–H groups in total. The molecule has 1 amide bonds. The number of carbonyl (C=O) groups is 1. The molecule has 0 bridgehead atoms. The average molecular weight is 592 g/mol. The van der Waals surface area contributed by atoms with Gasteiger partial charge in [0.2, 0.25) is 11.9 Å². The van der Waals surface area contributed by atoms with E-state index in [-0.39, 0.29) is 17.7 Å². The maximum absolute atomic E-state index is 15.3. The molecule has 0 spiro atoms. The first-order valence-electron chi connectivity index (χ1n) is 14.2. The van der Waals surface area contributed by atoms with E-state index in [0.717, 1.165) is 37.2 Å². The number of aryl methyl sites for hydroxylation is 1. The van der Waals surface area contributed by atoms with Crippen LogP contribution in [0.4, 0.5) is 21.7 Å². The van der Waals surface area contributed by atoms with Crippen LogP contribution in [0, 0.1) is 12.7 Å². The topological polar surface area (TPSA) is 132 Å². The number of ether oxygens (including phenoxy) is 1. The highest BCUT2D eigenvalue weighted by atomic mass is 19.1. The van der Waals surface area contributed by atoms with E-state index in [1.54, 1.807) is 49.8 Å². The molecule has 0 saturated carbocycles. The summed E-state index contributed by atoms with van der Waals surface area (Å²) >= 11 is 0. The minimum atomic E-state index is -0.589. The number of hydrogen-bond acceptors (Lipinski definition) is 9. The summed E-state index contributed by atoms with van der Waals surface area (Å²) in [6.45, 7) is 7.21. The van der Waals surface area contributed by atoms with Crippen LogP contribution in [0.5, 0.6) is 11.8 Å². The summed E-state index contributed by atoms with van der Waals surface area (Å²) in [5.41, 5.74) is 4.51. The Kier molecular flexibility index (Phi) is 8.32. The van der Waals surface area contributed by atoms with Crippen molar-refractivity contribution >= 4 is 23.2 Å². The third kappa shape index (κ3) is 6.60. The van der Waals surface area contributed by atoms with E-state index in [2.05, 4.69) is 42.6 Å². The molecular weight excluding hydrogens is 561 g/mol. The second kappa shape index (κ2) is 12.8. The van der Waals surface area contributed by atoms with Gasteiger partial charge in [-0.25, -0.2) is 24.3 Å². The normalized spacial score (nSPS) is 13.3. The summed E-state index contributed by atoms with van der Waals surface area (Å²) < 4.78 is 22.9. The fraction of sp³-hybridized carbons (Fsp3) is 0.188. The molecule has 4 heterocycles. The average Bonchev–Trinajstić information content (AvgIpc) is 3.51. The summed E-state index contributed by atoms with van der Waals surface area (Å²) in [7, 11) is 0. The first kappa shape index (κ1) is 28.6. The van der Waals surface area contributed by atoms with Crippen LogP contribution in [-0.4, -0.2) is 48.7 Å². The Hall–Kier alpha value is -5.49. The van der Waals surface area contributed by atoms with Crippen molar-refractivity contribution in [2.75, 3.05) is 23.7 Å². The lowest BCUT2D eigenvalue weighted by atomic mass is 10.0. The summed E-state index contributed by atoms with van der Waals surface area (Å²) in [4.78, 5) is 29.4. The predicted octanol–water partition coefficient (Wildman–Crippen LogP) is 5.83. The zero-order valence-electron chi connectivity index (χ0n) is 24.0. The van der Waals surface area contributed by atoms with Gasteiger partial charge in [-0.3, -0.25) is 9.48 Å². The monoisotopic (exact) mass is 591 g/mol. The predicted molar refractivity (Wildman–Crippen MR) is 165 cm³/mol. The van der Waals surface area contributed by atoms with Crippen molar-refractivity contribution in [3.63, 3.8) is 0 Å². The third-order valence-electron chi connectivity index (χ3n) is 7.16. The van der Waals surface area contributed by atoms with Gasteiger partial charge >= 0.3 is 6.01 Å². The summed E-state index contributed by atoms with van der Waals surface area (Å²) in [5, 5.41) is 13.9. The molecule has 2 aromatic carbocycles. The molecule has 6 rings (SSSR count). The van der Waals surface area contributed by atoms with E-state index in [1.165, 1.54) is 18.2 Å². The van der Waals surface area contributed by atoms with Gasteiger partial charge in [0.25, 0.3) is 0 Å². The zero-order chi connectivity index (χ0) is 30.5. The van der Waals surface area contributed by atoms with Crippen molar-refractivity contribution in [2.24, 2.45) is 0 Å². The molecule has 1 fully saturated rings. The van der Waals surface area contributed by atoms with Crippen molar-refractivity contribution < 1.29 is 13.9 Å². The number of aromatic nitrogens is 6. The molecule has 1 aliphatic heterocycles. The second-order valence-corrected chi connectivity index (χ2v) is 10.3. The lowest BCUT2D eigenvalue weighted by molar-refractivity contribution is -0.111. The number of anilines is 3. The largest absolute Gasteiger partial charge is 0.421 e. The van der Waals surface area contributed by atoms with Gasteiger partial charge in [-0.15, -0.1) is 0 Å². The molecule has 0 aliphatic carbocycles. The fourth-order valence-corrected chi connectivity index (χ4v) is 4.91. The maximum atomic E-state index is 15.3. The van der Waals surface area contributed by atoms with Crippen molar-refractivity contribution in [1.29, 1.82) is 0 Å². The Labute approximate surface area is 253 Å². The number of piperidine rings is 1. The van der Waals surface area contributed by atoms with Crippen molar-refractivity contribution in [3.8, 4) is 34.1 Å². The number of carbonyl (C=O) groups excluding carboxylic acids is 1. The molecule has 0 radical (unpaired) electrons. The molecule has 5 aromatic rings. The lowest BCUT2D eigenvalue weighted by Crippen LogP contribution is -2.29. The van der Waals surface area contributed by atoms with E-state index >= 15 is 4.39 Å². The number of nitrogens with zero attached hydrogens (tertiary/aromatic N) is 6. The molecule has 11 nitrogen and oxygen atoms in total. The first-order chi connectivity index (χ1) is 21.4. The van der Waals surface area contributed by atoms with Crippen LogP contribution in [-0.2, 0) is 4.79 Å². The second-order valence-electron chi connectivity index (χ2n) is 10.3. The Bertz CT molecular complexity index is 1800. The summed E-state index contributed by atoms with van der Waals surface area (Å²) in [5.74, 6) is -0.553. The number of benzene rings is 2. The highest BCUT2D eigenvalue weighted by molar-refractivity contribution is 5.99. The van der Waals surface area contributed by atoms with Crippen LogP contribution in [0.3, 0.4) is 0 Å². The van der Waals surface area contributed by atoms with Crippen molar-refractivity contribution in [2.45, 2.75) is 25.8 Å². The van der Waals surface area contributed by atoms with E-state index in [9.17, 15) is 4.79 Å². The number of amides is 1. The van der Waals surface area contributed by atoms with Gasteiger partial charge in [0.15, 0.2) is 11.6 Å². The van der Waals surface area contributed by atoms with Gasteiger partial charge in [-0.2, -0.15) is 5.10 Å².